The van der Waals surface area contributed by atoms with Gasteiger partial charge in [-0.2, -0.15) is 0 Å². The second-order valence-electron chi connectivity index (χ2n) is 8.83. The minimum Gasteiger partial charge on any atom is -0.496 e. The fraction of sp³-hybridized carbons (Fsp3) is 0.129. The molecule has 5 rings (SSSR count). The van der Waals surface area contributed by atoms with Crippen LogP contribution >= 0.6 is 11.8 Å². The number of hydrogen-bond acceptors (Lipinski definition) is 7. The Balaban J connectivity index is 1.17. The first-order valence-corrected chi connectivity index (χ1v) is 13.4. The molecule has 0 saturated carbocycles. The van der Waals surface area contributed by atoms with Gasteiger partial charge in [-0.15, -0.1) is 11.8 Å². The Labute approximate surface area is 235 Å². The quantitative estimate of drug-likeness (QED) is 0.192. The van der Waals surface area contributed by atoms with Gasteiger partial charge < -0.3 is 24.5 Å². The van der Waals surface area contributed by atoms with E-state index in [1.54, 1.807) is 30.3 Å². The number of anilines is 2. The van der Waals surface area contributed by atoms with Gasteiger partial charge in [0.2, 0.25) is 11.8 Å². The molecule has 1 atom stereocenters. The van der Waals surface area contributed by atoms with Crippen LogP contribution in [0.15, 0.2) is 100 Å². The normalized spacial score (nSPS) is 11.6. The van der Waals surface area contributed by atoms with Crippen molar-refractivity contribution in [2.45, 2.75) is 17.1 Å². The number of ether oxygens (including phenoxy) is 2. The number of para-hydroxylation sites is 2. The Bertz CT molecular complexity index is 1590. The van der Waals surface area contributed by atoms with Gasteiger partial charge in [-0.05, 0) is 79.7 Å². The molecule has 9 heteroatoms. The van der Waals surface area contributed by atoms with E-state index in [1.165, 1.54) is 26.0 Å². The van der Waals surface area contributed by atoms with Crippen LogP contribution in [0.1, 0.15) is 17.3 Å². The Kier molecular flexibility index (Phi) is 8.02. The Morgan fingerprint density at radius 3 is 2.08 bits per heavy atom. The summed E-state index contributed by atoms with van der Waals surface area (Å²) in [7, 11) is 3.01. The maximum Gasteiger partial charge on any atom is 0.263 e. The van der Waals surface area contributed by atoms with Gasteiger partial charge in [0.25, 0.3) is 5.91 Å². The molecule has 0 saturated heterocycles. The minimum atomic E-state index is -0.352. The second-order valence-corrected chi connectivity index (χ2v) is 10.2. The first-order valence-electron chi connectivity index (χ1n) is 12.5. The zero-order valence-corrected chi connectivity index (χ0v) is 23.0. The van der Waals surface area contributed by atoms with Crippen LogP contribution in [0.2, 0.25) is 0 Å². The number of aromatic nitrogens is 1. The average molecular weight is 554 g/mol. The number of nitrogens with one attached hydrogen (secondary N) is 2. The number of oxazole rings is 1. The summed E-state index contributed by atoms with van der Waals surface area (Å²) in [6, 6.07) is 27.5. The molecule has 0 fully saturated rings. The molecule has 4 aromatic carbocycles. The lowest BCUT2D eigenvalue weighted by Gasteiger charge is -2.14. The lowest BCUT2D eigenvalue weighted by atomic mass is 10.1. The van der Waals surface area contributed by atoms with Crippen molar-refractivity contribution >= 4 is 46.1 Å². The van der Waals surface area contributed by atoms with Crippen LogP contribution in [0.5, 0.6) is 11.5 Å². The monoisotopic (exact) mass is 553 g/mol. The standard InChI is InChI=1S/C31H27N3O5S/c1-19(29(35)32-21-13-11-20(12-14-21)31-34-24-7-4-5-8-25(24)39-31)40-23-17-15-22(16-18-23)33-30(36)28-26(37-2)9-6-10-27(28)38-3/h4-19H,1-3H3,(H,32,35)(H,33,36). The molecule has 5 aromatic rings. The van der Waals surface area contributed by atoms with E-state index in [0.717, 1.165) is 21.6 Å². The first kappa shape index (κ1) is 26.8. The molecule has 0 spiro atoms. The van der Waals surface area contributed by atoms with E-state index in [0.29, 0.717) is 34.3 Å². The lowest BCUT2D eigenvalue weighted by Crippen LogP contribution is -2.22. The summed E-state index contributed by atoms with van der Waals surface area (Å²) in [6.45, 7) is 1.84. The Morgan fingerprint density at radius 2 is 1.43 bits per heavy atom. The third kappa shape index (κ3) is 5.94. The van der Waals surface area contributed by atoms with Crippen molar-refractivity contribution in [2.75, 3.05) is 24.9 Å². The van der Waals surface area contributed by atoms with Gasteiger partial charge >= 0.3 is 0 Å². The third-order valence-electron chi connectivity index (χ3n) is 6.14. The van der Waals surface area contributed by atoms with Gasteiger partial charge in [-0.25, -0.2) is 4.98 Å². The van der Waals surface area contributed by atoms with Gasteiger partial charge in [-0.3, -0.25) is 9.59 Å². The van der Waals surface area contributed by atoms with Gasteiger partial charge in [0.1, 0.15) is 22.6 Å². The number of methoxy groups -OCH3 is 2. The molecule has 0 aliphatic heterocycles. The number of rotatable bonds is 9. The number of carbonyl (C=O) groups is 2. The smallest absolute Gasteiger partial charge is 0.263 e. The highest BCUT2D eigenvalue weighted by Gasteiger charge is 2.19. The fourth-order valence-corrected chi connectivity index (χ4v) is 4.95. The number of amides is 2. The molecule has 1 aromatic heterocycles. The molecular formula is C31H27N3O5S. The Morgan fingerprint density at radius 1 is 0.800 bits per heavy atom. The van der Waals surface area contributed by atoms with Crippen molar-refractivity contribution in [2.24, 2.45) is 0 Å². The van der Waals surface area contributed by atoms with Crippen LogP contribution < -0.4 is 20.1 Å². The van der Waals surface area contributed by atoms with E-state index in [4.69, 9.17) is 13.9 Å². The van der Waals surface area contributed by atoms with Crippen molar-refractivity contribution in [1.82, 2.24) is 4.98 Å². The van der Waals surface area contributed by atoms with E-state index >= 15 is 0 Å². The van der Waals surface area contributed by atoms with Crippen LogP contribution in [0, 0.1) is 0 Å². The molecule has 202 valence electrons. The summed E-state index contributed by atoms with van der Waals surface area (Å²) in [5.74, 6) is 0.906. The summed E-state index contributed by atoms with van der Waals surface area (Å²) >= 11 is 1.42. The topological polar surface area (TPSA) is 103 Å². The molecule has 0 aliphatic rings. The molecule has 8 nitrogen and oxygen atoms in total. The molecule has 1 heterocycles. The van der Waals surface area contributed by atoms with Gasteiger partial charge in [-0.1, -0.05) is 18.2 Å². The highest BCUT2D eigenvalue weighted by atomic mass is 32.2. The second kappa shape index (κ2) is 12.0. The van der Waals surface area contributed by atoms with Gasteiger partial charge in [0.05, 0.1) is 19.5 Å². The Hall–Kier alpha value is -4.76. The zero-order chi connectivity index (χ0) is 28.1. The average Bonchev–Trinajstić information content (AvgIpc) is 3.42. The number of fused-ring (bicyclic) bond motifs is 1. The van der Waals surface area contributed by atoms with Crippen molar-refractivity contribution in [3.8, 4) is 23.0 Å². The molecule has 2 N–H and O–H groups in total. The van der Waals surface area contributed by atoms with Crippen LogP contribution in [0.25, 0.3) is 22.6 Å². The molecule has 0 radical (unpaired) electrons. The lowest BCUT2D eigenvalue weighted by molar-refractivity contribution is -0.115. The van der Waals surface area contributed by atoms with Crippen molar-refractivity contribution in [3.05, 3.63) is 96.6 Å². The number of nitrogens with zero attached hydrogens (tertiary/aromatic N) is 1. The molecule has 0 bridgehead atoms. The highest BCUT2D eigenvalue weighted by molar-refractivity contribution is 8.00. The minimum absolute atomic E-state index is 0.125. The summed E-state index contributed by atoms with van der Waals surface area (Å²) in [4.78, 5) is 31.1. The maximum absolute atomic E-state index is 12.9. The number of thioether (sulfide) groups is 1. The molecule has 1 unspecified atom stereocenters. The van der Waals surface area contributed by atoms with E-state index in [-0.39, 0.29) is 17.1 Å². The van der Waals surface area contributed by atoms with E-state index in [9.17, 15) is 9.59 Å². The van der Waals surface area contributed by atoms with Crippen molar-refractivity contribution < 1.29 is 23.5 Å². The number of hydrogen-bond donors (Lipinski definition) is 2. The summed E-state index contributed by atoms with van der Waals surface area (Å²) < 4.78 is 16.5. The predicted octanol–water partition coefficient (Wildman–Crippen LogP) is 6.88. The third-order valence-corrected chi connectivity index (χ3v) is 7.25. The zero-order valence-electron chi connectivity index (χ0n) is 22.1. The van der Waals surface area contributed by atoms with Crippen LogP contribution in [0.4, 0.5) is 11.4 Å². The number of benzene rings is 4. The van der Waals surface area contributed by atoms with E-state index < -0.39 is 0 Å². The van der Waals surface area contributed by atoms with Crippen LogP contribution in [-0.4, -0.2) is 36.3 Å². The maximum atomic E-state index is 12.9. The summed E-state index contributed by atoms with van der Waals surface area (Å²) in [6.07, 6.45) is 0. The molecular weight excluding hydrogens is 526 g/mol. The predicted molar refractivity (Wildman–Crippen MR) is 157 cm³/mol. The first-order chi connectivity index (χ1) is 19.4. The SMILES string of the molecule is COc1cccc(OC)c1C(=O)Nc1ccc(SC(C)C(=O)Nc2ccc(-c3nc4ccccc4o3)cc2)cc1. The summed E-state index contributed by atoms with van der Waals surface area (Å²) in [5.41, 5.74) is 3.97. The van der Waals surface area contributed by atoms with Crippen LogP contribution in [0.3, 0.4) is 0 Å². The largest absolute Gasteiger partial charge is 0.496 e. The summed E-state index contributed by atoms with van der Waals surface area (Å²) in [5, 5.41) is 5.47. The van der Waals surface area contributed by atoms with E-state index in [2.05, 4.69) is 15.6 Å². The highest BCUT2D eigenvalue weighted by Crippen LogP contribution is 2.30. The molecule has 0 aliphatic carbocycles. The van der Waals surface area contributed by atoms with Gasteiger partial charge in [0, 0.05) is 21.8 Å². The van der Waals surface area contributed by atoms with E-state index in [1.807, 2.05) is 67.6 Å². The van der Waals surface area contributed by atoms with Crippen molar-refractivity contribution in [3.63, 3.8) is 0 Å². The molecule has 40 heavy (non-hydrogen) atoms. The van der Waals surface area contributed by atoms with Crippen LogP contribution in [-0.2, 0) is 4.79 Å². The molecule has 2 amide bonds. The van der Waals surface area contributed by atoms with Gasteiger partial charge in [0.15, 0.2) is 5.58 Å². The van der Waals surface area contributed by atoms with Crippen molar-refractivity contribution in [1.29, 1.82) is 0 Å². The number of carbonyl (C=O) groups excluding carboxylic acids is 2. The fourth-order valence-electron chi connectivity index (χ4n) is 4.08.